The van der Waals surface area contributed by atoms with Crippen LogP contribution in [0, 0.1) is 0 Å². The lowest BCUT2D eigenvalue weighted by atomic mass is 10.2. The van der Waals surface area contributed by atoms with Crippen molar-refractivity contribution in [2.24, 2.45) is 5.10 Å². The molecule has 2 aromatic rings. The molecule has 1 aromatic carbocycles. The van der Waals surface area contributed by atoms with Crippen molar-refractivity contribution in [2.75, 3.05) is 5.75 Å². The molecule has 0 fully saturated rings. The number of nitrogens with one attached hydrogen (secondary N) is 1. The van der Waals surface area contributed by atoms with E-state index in [1.165, 1.54) is 11.8 Å². The number of hydrogen-bond donors (Lipinski definition) is 1. The van der Waals surface area contributed by atoms with E-state index in [4.69, 9.17) is 4.42 Å². The Labute approximate surface area is 129 Å². The van der Waals surface area contributed by atoms with E-state index in [1.807, 2.05) is 30.3 Å². The van der Waals surface area contributed by atoms with Crippen LogP contribution in [0.3, 0.4) is 0 Å². The number of hydrogen-bond acceptors (Lipinski definition) is 4. The SMILES string of the molecule is O=C(CSCc1ccccc1)N/N=C\c1ccc(Br)o1. The van der Waals surface area contributed by atoms with E-state index in [9.17, 15) is 4.79 Å². The summed E-state index contributed by atoms with van der Waals surface area (Å²) in [6.45, 7) is 0. The van der Waals surface area contributed by atoms with Gasteiger partial charge in [0.05, 0.1) is 12.0 Å². The molecule has 0 bridgehead atoms. The van der Waals surface area contributed by atoms with Crippen LogP contribution in [0.2, 0.25) is 0 Å². The van der Waals surface area contributed by atoms with Crippen LogP contribution in [0.25, 0.3) is 0 Å². The van der Waals surface area contributed by atoms with Crippen LogP contribution < -0.4 is 5.43 Å². The third kappa shape index (κ3) is 5.22. The first kappa shape index (κ1) is 14.9. The van der Waals surface area contributed by atoms with Crippen LogP contribution in [0.5, 0.6) is 0 Å². The van der Waals surface area contributed by atoms with E-state index in [2.05, 4.69) is 26.5 Å². The van der Waals surface area contributed by atoms with E-state index in [0.717, 1.165) is 5.75 Å². The predicted molar refractivity (Wildman–Crippen MR) is 84.7 cm³/mol. The first-order valence-corrected chi connectivity index (χ1v) is 7.88. The molecule has 104 valence electrons. The van der Waals surface area contributed by atoms with E-state index in [-0.39, 0.29) is 5.91 Å². The summed E-state index contributed by atoms with van der Waals surface area (Å²) >= 11 is 4.74. The summed E-state index contributed by atoms with van der Waals surface area (Å²) in [5, 5.41) is 3.83. The molecule has 1 aromatic heterocycles. The third-order valence-electron chi connectivity index (χ3n) is 2.32. The molecule has 0 radical (unpaired) electrons. The number of halogens is 1. The third-order valence-corrected chi connectivity index (χ3v) is 3.75. The van der Waals surface area contributed by atoms with Crippen molar-refractivity contribution in [3.8, 4) is 0 Å². The van der Waals surface area contributed by atoms with Gasteiger partial charge in [0.2, 0.25) is 5.91 Å². The molecule has 4 nitrogen and oxygen atoms in total. The summed E-state index contributed by atoms with van der Waals surface area (Å²) in [6, 6.07) is 13.5. The van der Waals surface area contributed by atoms with Crippen molar-refractivity contribution >= 4 is 39.8 Å². The molecule has 0 aliphatic rings. The summed E-state index contributed by atoms with van der Waals surface area (Å²) in [6.07, 6.45) is 1.46. The maximum absolute atomic E-state index is 11.5. The molecule has 1 amide bonds. The molecule has 6 heteroatoms. The van der Waals surface area contributed by atoms with Crippen LogP contribution >= 0.6 is 27.7 Å². The number of benzene rings is 1. The fraction of sp³-hybridized carbons (Fsp3) is 0.143. The van der Waals surface area contributed by atoms with Crippen LogP contribution in [-0.2, 0) is 10.5 Å². The summed E-state index contributed by atoms with van der Waals surface area (Å²) in [5.74, 6) is 1.62. The van der Waals surface area contributed by atoms with Gasteiger partial charge in [0, 0.05) is 5.75 Å². The second-order valence-electron chi connectivity index (χ2n) is 3.91. The zero-order valence-electron chi connectivity index (χ0n) is 10.6. The standard InChI is InChI=1S/C14H13BrN2O2S/c15-13-7-6-12(19-13)8-16-17-14(18)10-20-9-11-4-2-1-3-5-11/h1-8H,9-10H2,(H,17,18)/b16-8-. The lowest BCUT2D eigenvalue weighted by Gasteiger charge is -2.00. The number of rotatable bonds is 6. The molecule has 0 saturated carbocycles. The molecule has 0 spiro atoms. The van der Waals surface area contributed by atoms with Gasteiger partial charge in [-0.15, -0.1) is 11.8 Å². The number of carbonyl (C=O) groups excluding carboxylic acids is 1. The molecule has 1 heterocycles. The number of furan rings is 1. The van der Waals surface area contributed by atoms with Crippen molar-refractivity contribution in [3.05, 3.63) is 58.5 Å². The normalized spacial score (nSPS) is 10.8. The van der Waals surface area contributed by atoms with Crippen LogP contribution in [0.4, 0.5) is 0 Å². The number of carbonyl (C=O) groups is 1. The average molecular weight is 353 g/mol. The first-order valence-electron chi connectivity index (χ1n) is 5.93. The van der Waals surface area contributed by atoms with Gasteiger partial charge in [0.1, 0.15) is 5.76 Å². The Bertz CT molecular complexity index is 584. The van der Waals surface area contributed by atoms with Crippen LogP contribution in [-0.4, -0.2) is 17.9 Å². The Morgan fingerprint density at radius 1 is 1.30 bits per heavy atom. The predicted octanol–water partition coefficient (Wildman–Crippen LogP) is 3.43. The smallest absolute Gasteiger partial charge is 0.250 e. The van der Waals surface area contributed by atoms with Crippen molar-refractivity contribution < 1.29 is 9.21 Å². The summed E-state index contributed by atoms with van der Waals surface area (Å²) in [7, 11) is 0. The van der Waals surface area contributed by atoms with Gasteiger partial charge in [0.15, 0.2) is 4.67 Å². The van der Waals surface area contributed by atoms with Crippen molar-refractivity contribution in [3.63, 3.8) is 0 Å². The minimum absolute atomic E-state index is 0.132. The minimum Gasteiger partial charge on any atom is -0.448 e. The second kappa shape index (κ2) is 7.91. The number of amides is 1. The fourth-order valence-electron chi connectivity index (χ4n) is 1.43. The van der Waals surface area contributed by atoms with E-state index >= 15 is 0 Å². The zero-order valence-corrected chi connectivity index (χ0v) is 13.0. The fourth-order valence-corrected chi connectivity index (χ4v) is 2.53. The number of nitrogens with zero attached hydrogens (tertiary/aromatic N) is 1. The van der Waals surface area contributed by atoms with Gasteiger partial charge in [-0.1, -0.05) is 30.3 Å². The van der Waals surface area contributed by atoms with E-state index < -0.39 is 0 Å². The zero-order chi connectivity index (χ0) is 14.2. The maximum Gasteiger partial charge on any atom is 0.250 e. The van der Waals surface area contributed by atoms with E-state index in [0.29, 0.717) is 16.2 Å². The molecule has 1 N–H and O–H groups in total. The largest absolute Gasteiger partial charge is 0.448 e. The molecule has 0 aliphatic heterocycles. The summed E-state index contributed by atoms with van der Waals surface area (Å²) in [5.41, 5.74) is 3.66. The Morgan fingerprint density at radius 3 is 2.80 bits per heavy atom. The van der Waals surface area contributed by atoms with Gasteiger partial charge in [0.25, 0.3) is 0 Å². The average Bonchev–Trinajstić information content (AvgIpc) is 2.86. The van der Waals surface area contributed by atoms with Gasteiger partial charge < -0.3 is 4.42 Å². The monoisotopic (exact) mass is 352 g/mol. The van der Waals surface area contributed by atoms with Crippen molar-refractivity contribution in [1.29, 1.82) is 0 Å². The quantitative estimate of drug-likeness (QED) is 0.640. The lowest BCUT2D eigenvalue weighted by molar-refractivity contribution is -0.118. The second-order valence-corrected chi connectivity index (χ2v) is 5.68. The van der Waals surface area contributed by atoms with Crippen LogP contribution in [0.15, 0.2) is 56.7 Å². The number of thioether (sulfide) groups is 1. The molecule has 0 saturated heterocycles. The molecular formula is C14H13BrN2O2S. The Kier molecular flexibility index (Phi) is 5.88. The van der Waals surface area contributed by atoms with E-state index in [1.54, 1.807) is 23.9 Å². The number of hydrazone groups is 1. The molecular weight excluding hydrogens is 340 g/mol. The summed E-state index contributed by atoms with van der Waals surface area (Å²) in [4.78, 5) is 11.5. The van der Waals surface area contributed by atoms with Gasteiger partial charge >= 0.3 is 0 Å². The minimum atomic E-state index is -0.132. The maximum atomic E-state index is 11.5. The highest BCUT2D eigenvalue weighted by molar-refractivity contribution is 9.10. The Hall–Kier alpha value is -1.53. The highest BCUT2D eigenvalue weighted by Gasteiger charge is 2.01. The van der Waals surface area contributed by atoms with Gasteiger partial charge in [-0.25, -0.2) is 5.43 Å². The molecule has 2 rings (SSSR count). The van der Waals surface area contributed by atoms with Crippen molar-refractivity contribution in [2.45, 2.75) is 5.75 Å². The topological polar surface area (TPSA) is 54.6 Å². The first-order chi connectivity index (χ1) is 9.74. The molecule has 20 heavy (non-hydrogen) atoms. The highest BCUT2D eigenvalue weighted by atomic mass is 79.9. The summed E-state index contributed by atoms with van der Waals surface area (Å²) < 4.78 is 5.84. The molecule has 0 unspecified atom stereocenters. The van der Waals surface area contributed by atoms with Crippen LogP contribution in [0.1, 0.15) is 11.3 Å². The van der Waals surface area contributed by atoms with Gasteiger partial charge in [-0.2, -0.15) is 5.10 Å². The lowest BCUT2D eigenvalue weighted by Crippen LogP contribution is -2.19. The van der Waals surface area contributed by atoms with Crippen molar-refractivity contribution in [1.82, 2.24) is 5.43 Å². The van der Waals surface area contributed by atoms with Gasteiger partial charge in [-0.3, -0.25) is 4.79 Å². The Balaban J connectivity index is 1.67. The van der Waals surface area contributed by atoms with Gasteiger partial charge in [-0.05, 0) is 33.6 Å². The molecule has 0 aliphatic carbocycles. The highest BCUT2D eigenvalue weighted by Crippen LogP contribution is 2.12. The Morgan fingerprint density at radius 2 is 2.10 bits per heavy atom. The molecule has 0 atom stereocenters.